The number of halogens is 1. The van der Waals surface area contributed by atoms with E-state index in [1.807, 2.05) is 24.3 Å². The van der Waals surface area contributed by atoms with Crippen molar-refractivity contribution in [1.29, 1.82) is 0 Å². The molecule has 0 aliphatic carbocycles. The summed E-state index contributed by atoms with van der Waals surface area (Å²) < 4.78 is 5.07. The average molecular weight is 264 g/mol. The van der Waals surface area contributed by atoms with Crippen LogP contribution in [0.3, 0.4) is 0 Å². The van der Waals surface area contributed by atoms with Crippen molar-refractivity contribution in [1.82, 2.24) is 4.98 Å². The molecule has 2 rings (SSSR count). The van der Waals surface area contributed by atoms with E-state index < -0.39 is 0 Å². The third-order valence-electron chi connectivity index (χ3n) is 2.54. The van der Waals surface area contributed by atoms with E-state index in [0.717, 1.165) is 11.3 Å². The van der Waals surface area contributed by atoms with Crippen LogP contribution in [0.4, 0.5) is 11.4 Å². The van der Waals surface area contributed by atoms with Crippen molar-refractivity contribution in [3.05, 3.63) is 47.1 Å². The summed E-state index contributed by atoms with van der Waals surface area (Å²) in [6.07, 6.45) is 1.71. The lowest BCUT2D eigenvalue weighted by molar-refractivity contribution is 0.397. The molecule has 0 saturated heterocycles. The Kier molecular flexibility index (Phi) is 3.89. The van der Waals surface area contributed by atoms with Gasteiger partial charge in [0.05, 0.1) is 23.5 Å². The van der Waals surface area contributed by atoms with Gasteiger partial charge in [-0.1, -0.05) is 17.7 Å². The standard InChI is InChI=1S/C13H14ClN3O/c1-18-12-7-9(5-6-16-12)8-17-11-4-2-3-10(14)13(11)15/h2-7,17H,8,15H2,1H3. The Hall–Kier alpha value is -1.94. The number of aromatic nitrogens is 1. The molecule has 4 nitrogen and oxygen atoms in total. The van der Waals surface area contributed by atoms with Crippen molar-refractivity contribution in [2.45, 2.75) is 6.54 Å². The minimum atomic E-state index is 0.548. The van der Waals surface area contributed by atoms with E-state index >= 15 is 0 Å². The molecule has 0 bridgehead atoms. The summed E-state index contributed by atoms with van der Waals surface area (Å²) in [4.78, 5) is 4.05. The number of rotatable bonds is 4. The fourth-order valence-electron chi connectivity index (χ4n) is 1.56. The molecule has 0 atom stereocenters. The first-order valence-electron chi connectivity index (χ1n) is 5.47. The van der Waals surface area contributed by atoms with Gasteiger partial charge in [-0.05, 0) is 23.8 Å². The Morgan fingerprint density at radius 3 is 3.00 bits per heavy atom. The average Bonchev–Trinajstić information content (AvgIpc) is 2.41. The van der Waals surface area contributed by atoms with Gasteiger partial charge in [0, 0.05) is 18.8 Å². The van der Waals surface area contributed by atoms with Gasteiger partial charge >= 0.3 is 0 Å². The number of benzene rings is 1. The molecule has 1 aromatic carbocycles. The summed E-state index contributed by atoms with van der Waals surface area (Å²) >= 11 is 5.95. The van der Waals surface area contributed by atoms with Crippen LogP contribution in [0.5, 0.6) is 5.88 Å². The summed E-state index contributed by atoms with van der Waals surface area (Å²) in [5.41, 5.74) is 8.30. The van der Waals surface area contributed by atoms with Crippen molar-refractivity contribution >= 4 is 23.0 Å². The summed E-state index contributed by atoms with van der Waals surface area (Å²) in [7, 11) is 1.59. The topological polar surface area (TPSA) is 60.2 Å². The third-order valence-corrected chi connectivity index (χ3v) is 2.87. The first-order valence-corrected chi connectivity index (χ1v) is 5.85. The second-order valence-electron chi connectivity index (χ2n) is 3.76. The van der Waals surface area contributed by atoms with Crippen molar-refractivity contribution in [2.75, 3.05) is 18.2 Å². The van der Waals surface area contributed by atoms with Gasteiger partial charge in [-0.25, -0.2) is 4.98 Å². The molecule has 18 heavy (non-hydrogen) atoms. The Morgan fingerprint density at radius 1 is 1.39 bits per heavy atom. The second kappa shape index (κ2) is 5.60. The molecule has 0 fully saturated rings. The smallest absolute Gasteiger partial charge is 0.213 e. The summed E-state index contributed by atoms with van der Waals surface area (Å²) in [6.45, 7) is 0.628. The Bertz CT molecular complexity index is 546. The van der Waals surface area contributed by atoms with E-state index in [2.05, 4.69) is 10.3 Å². The van der Waals surface area contributed by atoms with Crippen LogP contribution in [0.25, 0.3) is 0 Å². The highest BCUT2D eigenvalue weighted by atomic mass is 35.5. The highest BCUT2D eigenvalue weighted by Crippen LogP contribution is 2.27. The largest absolute Gasteiger partial charge is 0.481 e. The van der Waals surface area contributed by atoms with Crippen LogP contribution in [0.15, 0.2) is 36.5 Å². The molecule has 2 aromatic rings. The third kappa shape index (κ3) is 2.84. The summed E-state index contributed by atoms with van der Waals surface area (Å²) in [5, 5.41) is 3.78. The number of nitrogens with one attached hydrogen (secondary N) is 1. The molecule has 0 spiro atoms. The second-order valence-corrected chi connectivity index (χ2v) is 4.17. The summed E-state index contributed by atoms with van der Waals surface area (Å²) in [5.74, 6) is 0.591. The fourth-order valence-corrected chi connectivity index (χ4v) is 1.74. The number of ether oxygens (including phenoxy) is 1. The van der Waals surface area contributed by atoms with Gasteiger partial charge in [0.25, 0.3) is 0 Å². The van der Waals surface area contributed by atoms with Crippen LogP contribution >= 0.6 is 11.6 Å². The first kappa shape index (κ1) is 12.5. The first-order chi connectivity index (χ1) is 8.70. The minimum Gasteiger partial charge on any atom is -0.481 e. The monoisotopic (exact) mass is 263 g/mol. The van der Waals surface area contributed by atoms with Crippen LogP contribution in [0, 0.1) is 0 Å². The van der Waals surface area contributed by atoms with Crippen LogP contribution in [0.2, 0.25) is 5.02 Å². The molecule has 0 amide bonds. The molecular formula is C13H14ClN3O. The van der Waals surface area contributed by atoms with Gasteiger partial charge < -0.3 is 15.8 Å². The molecule has 0 aliphatic rings. The molecule has 0 saturated carbocycles. The SMILES string of the molecule is COc1cc(CNc2cccc(Cl)c2N)ccn1. The van der Waals surface area contributed by atoms with E-state index in [1.165, 1.54) is 0 Å². The lowest BCUT2D eigenvalue weighted by atomic mass is 10.2. The van der Waals surface area contributed by atoms with E-state index in [-0.39, 0.29) is 0 Å². The van der Waals surface area contributed by atoms with Crippen molar-refractivity contribution in [2.24, 2.45) is 0 Å². The van der Waals surface area contributed by atoms with Crippen LogP contribution in [-0.2, 0) is 6.54 Å². The van der Waals surface area contributed by atoms with Crippen LogP contribution in [-0.4, -0.2) is 12.1 Å². The quantitative estimate of drug-likeness (QED) is 0.833. The number of methoxy groups -OCH3 is 1. The predicted octanol–water partition coefficient (Wildman–Crippen LogP) is 2.94. The van der Waals surface area contributed by atoms with E-state index in [9.17, 15) is 0 Å². The Labute approximate surface area is 111 Å². The number of nitrogen functional groups attached to an aromatic ring is 1. The van der Waals surface area contributed by atoms with Gasteiger partial charge in [-0.3, -0.25) is 0 Å². The minimum absolute atomic E-state index is 0.548. The Balaban J connectivity index is 2.09. The predicted molar refractivity (Wildman–Crippen MR) is 74.0 cm³/mol. The van der Waals surface area contributed by atoms with Crippen molar-refractivity contribution < 1.29 is 4.74 Å². The van der Waals surface area contributed by atoms with Gasteiger partial charge in [0.15, 0.2) is 0 Å². The number of nitrogens with two attached hydrogens (primary N) is 1. The molecule has 1 aromatic heterocycles. The summed E-state index contributed by atoms with van der Waals surface area (Å²) in [6, 6.07) is 9.29. The normalized spacial score (nSPS) is 10.1. The van der Waals surface area contributed by atoms with Crippen molar-refractivity contribution in [3.8, 4) is 5.88 Å². The molecule has 1 heterocycles. The maximum Gasteiger partial charge on any atom is 0.213 e. The fraction of sp³-hybridized carbons (Fsp3) is 0.154. The zero-order chi connectivity index (χ0) is 13.0. The van der Waals surface area contributed by atoms with Crippen LogP contribution < -0.4 is 15.8 Å². The maximum atomic E-state index is 5.95. The molecular weight excluding hydrogens is 250 g/mol. The number of pyridine rings is 1. The van der Waals surface area contributed by atoms with Gasteiger partial charge in [-0.2, -0.15) is 0 Å². The number of anilines is 2. The number of hydrogen-bond donors (Lipinski definition) is 2. The van der Waals surface area contributed by atoms with E-state index in [0.29, 0.717) is 23.1 Å². The zero-order valence-corrected chi connectivity index (χ0v) is 10.7. The van der Waals surface area contributed by atoms with Gasteiger partial charge in [0.1, 0.15) is 0 Å². The molecule has 0 aliphatic heterocycles. The zero-order valence-electron chi connectivity index (χ0n) is 9.98. The molecule has 3 N–H and O–H groups in total. The molecule has 94 valence electrons. The molecule has 0 radical (unpaired) electrons. The van der Waals surface area contributed by atoms with Crippen molar-refractivity contribution in [3.63, 3.8) is 0 Å². The molecule has 5 heteroatoms. The molecule has 0 unspecified atom stereocenters. The van der Waals surface area contributed by atoms with E-state index in [1.54, 1.807) is 19.4 Å². The lowest BCUT2D eigenvalue weighted by Crippen LogP contribution is -2.03. The maximum absolute atomic E-state index is 5.95. The van der Waals surface area contributed by atoms with Gasteiger partial charge in [0.2, 0.25) is 5.88 Å². The number of hydrogen-bond acceptors (Lipinski definition) is 4. The Morgan fingerprint density at radius 2 is 2.22 bits per heavy atom. The number of para-hydroxylation sites is 1. The van der Waals surface area contributed by atoms with E-state index in [4.69, 9.17) is 22.1 Å². The highest BCUT2D eigenvalue weighted by molar-refractivity contribution is 6.33. The lowest BCUT2D eigenvalue weighted by Gasteiger charge is -2.10. The highest BCUT2D eigenvalue weighted by Gasteiger charge is 2.03. The van der Waals surface area contributed by atoms with Gasteiger partial charge in [-0.15, -0.1) is 0 Å². The van der Waals surface area contributed by atoms with Crippen LogP contribution in [0.1, 0.15) is 5.56 Å². The number of nitrogens with zero attached hydrogens (tertiary/aromatic N) is 1.